The summed E-state index contributed by atoms with van der Waals surface area (Å²) in [5, 5.41) is 8.85. The number of halogens is 1. The van der Waals surface area contributed by atoms with Crippen molar-refractivity contribution in [1.82, 2.24) is 10.3 Å². The van der Waals surface area contributed by atoms with E-state index in [1.165, 1.54) is 31.4 Å². The number of aromatic nitrogens is 1. The van der Waals surface area contributed by atoms with E-state index in [0.29, 0.717) is 5.82 Å². The van der Waals surface area contributed by atoms with Crippen molar-refractivity contribution < 1.29 is 9.18 Å². The van der Waals surface area contributed by atoms with Crippen molar-refractivity contribution >= 4 is 23.2 Å². The molecule has 126 valence electrons. The first-order chi connectivity index (χ1) is 11.7. The molecule has 0 saturated heterocycles. The summed E-state index contributed by atoms with van der Waals surface area (Å²) >= 11 is 0. The Bertz CT molecular complexity index is 666. The lowest BCUT2D eigenvalue weighted by Gasteiger charge is -2.22. The van der Waals surface area contributed by atoms with E-state index >= 15 is 0 Å². The van der Waals surface area contributed by atoms with E-state index in [9.17, 15) is 9.18 Å². The van der Waals surface area contributed by atoms with Gasteiger partial charge in [-0.1, -0.05) is 19.3 Å². The zero-order valence-corrected chi connectivity index (χ0v) is 13.4. The molecule has 1 fully saturated rings. The van der Waals surface area contributed by atoms with Crippen LogP contribution in [0.25, 0.3) is 0 Å². The van der Waals surface area contributed by atoms with Crippen LogP contribution in [0.3, 0.4) is 0 Å². The third kappa shape index (κ3) is 4.68. The third-order valence-corrected chi connectivity index (χ3v) is 4.08. The van der Waals surface area contributed by atoms with E-state index in [4.69, 9.17) is 0 Å². The standard InChI is InChI=1S/C18H21FN4O/c19-13-6-8-15(9-7-13)21-16-10-11-17(20-12-16)23-18(24)22-14-4-2-1-3-5-14/h6-12,14,21H,1-5H2,(H2,20,22,23,24). The van der Waals surface area contributed by atoms with Crippen molar-refractivity contribution in [2.75, 3.05) is 10.6 Å². The maximum absolute atomic E-state index is 12.9. The molecule has 0 aliphatic heterocycles. The highest BCUT2D eigenvalue weighted by Gasteiger charge is 2.15. The summed E-state index contributed by atoms with van der Waals surface area (Å²) in [5.74, 6) is 0.218. The molecule has 6 heteroatoms. The van der Waals surface area contributed by atoms with Gasteiger partial charge in [0, 0.05) is 11.7 Å². The fraction of sp³-hybridized carbons (Fsp3) is 0.333. The van der Waals surface area contributed by atoms with Gasteiger partial charge in [-0.15, -0.1) is 0 Å². The SMILES string of the molecule is O=C(Nc1ccc(Nc2ccc(F)cc2)cn1)NC1CCCCC1. The van der Waals surface area contributed by atoms with Crippen LogP contribution in [0.2, 0.25) is 0 Å². The minimum atomic E-state index is -0.276. The summed E-state index contributed by atoms with van der Waals surface area (Å²) in [5.41, 5.74) is 1.54. The van der Waals surface area contributed by atoms with Crippen LogP contribution in [0.5, 0.6) is 0 Å². The fourth-order valence-corrected chi connectivity index (χ4v) is 2.83. The molecular formula is C18H21FN4O. The van der Waals surface area contributed by atoms with Crippen LogP contribution < -0.4 is 16.0 Å². The number of anilines is 3. The Labute approximate surface area is 140 Å². The molecule has 2 amide bonds. The van der Waals surface area contributed by atoms with E-state index in [1.54, 1.807) is 24.4 Å². The molecule has 1 aliphatic rings. The third-order valence-electron chi connectivity index (χ3n) is 4.08. The average molecular weight is 328 g/mol. The number of benzene rings is 1. The van der Waals surface area contributed by atoms with E-state index in [0.717, 1.165) is 24.2 Å². The normalized spacial score (nSPS) is 14.9. The average Bonchev–Trinajstić information content (AvgIpc) is 2.59. The first kappa shape index (κ1) is 16.2. The van der Waals surface area contributed by atoms with Gasteiger partial charge in [0.15, 0.2) is 0 Å². The molecule has 1 aliphatic carbocycles. The topological polar surface area (TPSA) is 66.0 Å². The molecule has 1 aromatic carbocycles. The highest BCUT2D eigenvalue weighted by atomic mass is 19.1. The zero-order valence-electron chi connectivity index (χ0n) is 13.4. The molecule has 1 saturated carbocycles. The highest BCUT2D eigenvalue weighted by molar-refractivity contribution is 5.88. The number of carbonyl (C=O) groups is 1. The van der Waals surface area contributed by atoms with Crippen molar-refractivity contribution in [1.29, 1.82) is 0 Å². The van der Waals surface area contributed by atoms with Gasteiger partial charge in [-0.05, 0) is 49.2 Å². The Morgan fingerprint density at radius 2 is 1.71 bits per heavy atom. The van der Waals surface area contributed by atoms with Gasteiger partial charge >= 0.3 is 6.03 Å². The lowest BCUT2D eigenvalue weighted by atomic mass is 9.96. The molecule has 0 radical (unpaired) electrons. The number of nitrogens with one attached hydrogen (secondary N) is 3. The van der Waals surface area contributed by atoms with Gasteiger partial charge in [0.25, 0.3) is 0 Å². The number of amides is 2. The predicted octanol–water partition coefficient (Wildman–Crippen LogP) is 4.42. The van der Waals surface area contributed by atoms with Crippen LogP contribution in [-0.4, -0.2) is 17.1 Å². The Morgan fingerprint density at radius 1 is 1.00 bits per heavy atom. The fourth-order valence-electron chi connectivity index (χ4n) is 2.83. The van der Waals surface area contributed by atoms with Crippen molar-refractivity contribution in [3.8, 4) is 0 Å². The van der Waals surface area contributed by atoms with Crippen LogP contribution in [0, 0.1) is 5.82 Å². The number of urea groups is 1. The quantitative estimate of drug-likeness (QED) is 0.778. The van der Waals surface area contributed by atoms with E-state index < -0.39 is 0 Å². The van der Waals surface area contributed by atoms with E-state index in [-0.39, 0.29) is 17.9 Å². The number of pyridine rings is 1. The zero-order chi connectivity index (χ0) is 16.8. The maximum Gasteiger partial charge on any atom is 0.320 e. The molecule has 0 spiro atoms. The predicted molar refractivity (Wildman–Crippen MR) is 92.9 cm³/mol. The molecule has 5 nitrogen and oxygen atoms in total. The molecule has 0 unspecified atom stereocenters. The Hall–Kier alpha value is -2.63. The largest absolute Gasteiger partial charge is 0.354 e. The molecule has 24 heavy (non-hydrogen) atoms. The Balaban J connectivity index is 1.52. The summed E-state index contributed by atoms with van der Waals surface area (Å²) < 4.78 is 12.9. The summed E-state index contributed by atoms with van der Waals surface area (Å²) in [6, 6.07) is 9.67. The molecule has 2 aromatic rings. The molecule has 1 heterocycles. The lowest BCUT2D eigenvalue weighted by molar-refractivity contribution is 0.244. The number of rotatable bonds is 4. The lowest BCUT2D eigenvalue weighted by Crippen LogP contribution is -2.39. The van der Waals surface area contributed by atoms with Crippen LogP contribution in [0.4, 0.5) is 26.4 Å². The molecule has 1 aromatic heterocycles. The minimum Gasteiger partial charge on any atom is -0.354 e. The number of nitrogens with zero attached hydrogens (tertiary/aromatic N) is 1. The van der Waals surface area contributed by atoms with Gasteiger partial charge < -0.3 is 10.6 Å². The molecule has 3 N–H and O–H groups in total. The molecule has 0 atom stereocenters. The maximum atomic E-state index is 12.9. The number of hydrogen-bond donors (Lipinski definition) is 3. The van der Waals surface area contributed by atoms with Gasteiger partial charge in [-0.2, -0.15) is 0 Å². The molecular weight excluding hydrogens is 307 g/mol. The Morgan fingerprint density at radius 3 is 2.38 bits per heavy atom. The molecule has 0 bridgehead atoms. The van der Waals surface area contributed by atoms with Gasteiger partial charge in [-0.3, -0.25) is 5.32 Å². The second kappa shape index (κ2) is 7.77. The number of hydrogen-bond acceptors (Lipinski definition) is 3. The first-order valence-electron chi connectivity index (χ1n) is 8.25. The van der Waals surface area contributed by atoms with Gasteiger partial charge in [0.2, 0.25) is 0 Å². The summed E-state index contributed by atoms with van der Waals surface area (Å²) in [4.78, 5) is 16.2. The van der Waals surface area contributed by atoms with E-state index in [1.807, 2.05) is 6.07 Å². The summed E-state index contributed by atoms with van der Waals surface area (Å²) in [6.07, 6.45) is 7.31. The summed E-state index contributed by atoms with van der Waals surface area (Å²) in [6.45, 7) is 0. The first-order valence-corrected chi connectivity index (χ1v) is 8.25. The van der Waals surface area contributed by atoms with Gasteiger partial charge in [0.05, 0.1) is 11.9 Å². The highest BCUT2D eigenvalue weighted by Crippen LogP contribution is 2.19. The van der Waals surface area contributed by atoms with E-state index in [2.05, 4.69) is 20.9 Å². The Kier molecular flexibility index (Phi) is 5.25. The number of carbonyl (C=O) groups excluding carboxylic acids is 1. The van der Waals surface area contributed by atoms with Crippen molar-refractivity contribution in [2.24, 2.45) is 0 Å². The van der Waals surface area contributed by atoms with Crippen LogP contribution in [0.15, 0.2) is 42.6 Å². The van der Waals surface area contributed by atoms with Crippen LogP contribution >= 0.6 is 0 Å². The van der Waals surface area contributed by atoms with Crippen LogP contribution in [0.1, 0.15) is 32.1 Å². The monoisotopic (exact) mass is 328 g/mol. The second-order valence-electron chi connectivity index (χ2n) is 6.00. The minimum absolute atomic E-state index is 0.214. The van der Waals surface area contributed by atoms with Crippen molar-refractivity contribution in [2.45, 2.75) is 38.1 Å². The van der Waals surface area contributed by atoms with Gasteiger partial charge in [-0.25, -0.2) is 14.2 Å². The second-order valence-corrected chi connectivity index (χ2v) is 6.00. The van der Waals surface area contributed by atoms with Crippen LogP contribution in [-0.2, 0) is 0 Å². The molecule has 3 rings (SSSR count). The van der Waals surface area contributed by atoms with Crippen molar-refractivity contribution in [3.63, 3.8) is 0 Å². The smallest absolute Gasteiger partial charge is 0.320 e. The van der Waals surface area contributed by atoms with Gasteiger partial charge in [0.1, 0.15) is 11.6 Å². The van der Waals surface area contributed by atoms with Crippen molar-refractivity contribution in [3.05, 3.63) is 48.4 Å². The summed E-state index contributed by atoms with van der Waals surface area (Å²) in [7, 11) is 0.